The Balaban J connectivity index is 3.61. The van der Waals surface area contributed by atoms with E-state index in [-0.39, 0.29) is 11.6 Å². The van der Waals surface area contributed by atoms with E-state index in [0.717, 1.165) is 19.3 Å². The molecule has 0 rings (SSSR count). The second kappa shape index (κ2) is 19.0. The highest BCUT2D eigenvalue weighted by molar-refractivity contribution is 5.92. The molecule has 0 saturated heterocycles. The monoisotopic (exact) mass is 395 g/mol. The summed E-state index contributed by atoms with van der Waals surface area (Å²) in [5, 5.41) is 11.7. The normalized spacial score (nSPS) is 11.8. The molecule has 0 aromatic carbocycles. The van der Waals surface area contributed by atoms with Gasteiger partial charge in [-0.25, -0.2) is 4.79 Å². The zero-order chi connectivity index (χ0) is 21.0. The number of allylic oxidation sites excluding steroid dienone is 1. The van der Waals surface area contributed by atoms with Gasteiger partial charge in [-0.3, -0.25) is 4.79 Å². The predicted molar refractivity (Wildman–Crippen MR) is 118 cm³/mol. The molecule has 0 heterocycles. The maximum atomic E-state index is 11.9. The van der Waals surface area contributed by atoms with Crippen LogP contribution in [-0.2, 0) is 9.59 Å². The van der Waals surface area contributed by atoms with Crippen LogP contribution in [-0.4, -0.2) is 17.0 Å². The Bertz CT molecular complexity index is 430. The van der Waals surface area contributed by atoms with E-state index in [2.05, 4.69) is 26.1 Å². The van der Waals surface area contributed by atoms with Crippen LogP contribution in [0.3, 0.4) is 0 Å². The molecule has 0 radical (unpaired) electrons. The minimum Gasteiger partial charge on any atom is -0.477 e. The van der Waals surface area contributed by atoms with E-state index in [0.29, 0.717) is 18.8 Å². The second-order valence-corrected chi connectivity index (χ2v) is 8.43. The maximum absolute atomic E-state index is 11.9. The Hall–Kier alpha value is -1.32. The molecule has 0 unspecified atom stereocenters. The molecule has 0 aromatic heterocycles. The summed E-state index contributed by atoms with van der Waals surface area (Å²) in [5.74, 6) is -0.712. The zero-order valence-electron chi connectivity index (χ0n) is 18.7. The van der Waals surface area contributed by atoms with Crippen molar-refractivity contribution in [2.45, 2.75) is 124 Å². The summed E-state index contributed by atoms with van der Waals surface area (Å²) in [6.45, 7) is 6.45. The minimum atomic E-state index is -1.05. The van der Waals surface area contributed by atoms with Crippen LogP contribution in [0.15, 0.2) is 11.8 Å². The summed E-state index contributed by atoms with van der Waals surface area (Å²) in [6.07, 6.45) is 20.2. The number of carbonyl (C=O) groups excluding carboxylic acids is 1. The Labute approximate surface area is 173 Å². The van der Waals surface area contributed by atoms with Gasteiger partial charge in [-0.15, -0.1) is 0 Å². The first-order valence-corrected chi connectivity index (χ1v) is 11.7. The van der Waals surface area contributed by atoms with E-state index in [1.807, 2.05) is 0 Å². The van der Waals surface area contributed by atoms with Gasteiger partial charge < -0.3 is 10.4 Å². The van der Waals surface area contributed by atoms with Crippen molar-refractivity contribution < 1.29 is 14.7 Å². The van der Waals surface area contributed by atoms with Crippen LogP contribution in [0.1, 0.15) is 124 Å². The largest absolute Gasteiger partial charge is 0.477 e. The molecule has 4 heteroatoms. The molecule has 0 atom stereocenters. The van der Waals surface area contributed by atoms with Gasteiger partial charge in [0, 0.05) is 6.42 Å². The van der Waals surface area contributed by atoms with Crippen LogP contribution in [0.25, 0.3) is 0 Å². The van der Waals surface area contributed by atoms with Gasteiger partial charge in [-0.05, 0) is 25.2 Å². The Morgan fingerprint density at radius 1 is 0.821 bits per heavy atom. The van der Waals surface area contributed by atoms with E-state index in [1.54, 1.807) is 6.08 Å². The molecular weight excluding hydrogens is 350 g/mol. The quantitative estimate of drug-likeness (QED) is 0.183. The summed E-state index contributed by atoms with van der Waals surface area (Å²) in [6, 6.07) is 0. The summed E-state index contributed by atoms with van der Waals surface area (Å²) < 4.78 is 0. The first kappa shape index (κ1) is 26.7. The SMILES string of the molecule is CCCCCCCCCCCCCCCC(=O)N/C(=C\CCC(C)C)C(=O)O. The van der Waals surface area contributed by atoms with Crippen molar-refractivity contribution in [3.05, 3.63) is 11.8 Å². The standard InChI is InChI=1S/C24H45NO3/c1-4-5-6-7-8-9-10-11-12-13-14-15-16-20-23(26)25-22(24(27)28)19-17-18-21(2)3/h19,21H,4-18,20H2,1-3H3,(H,25,26)(H,27,28)/b22-19-. The molecule has 4 nitrogen and oxygen atoms in total. The third-order valence-corrected chi connectivity index (χ3v) is 5.10. The number of carbonyl (C=O) groups is 2. The van der Waals surface area contributed by atoms with Crippen LogP contribution < -0.4 is 5.32 Å². The molecule has 0 aliphatic rings. The number of amides is 1. The lowest BCUT2D eigenvalue weighted by atomic mass is 10.0. The Kier molecular flexibility index (Phi) is 18.1. The number of carboxylic acids is 1. The van der Waals surface area contributed by atoms with Gasteiger partial charge in [0.1, 0.15) is 5.70 Å². The zero-order valence-corrected chi connectivity index (χ0v) is 18.7. The van der Waals surface area contributed by atoms with Crippen LogP contribution in [0.4, 0.5) is 0 Å². The fraction of sp³-hybridized carbons (Fsp3) is 0.833. The van der Waals surface area contributed by atoms with Gasteiger partial charge in [0.2, 0.25) is 5.91 Å². The van der Waals surface area contributed by atoms with Gasteiger partial charge in [0.05, 0.1) is 0 Å². The molecule has 0 fully saturated rings. The van der Waals surface area contributed by atoms with Gasteiger partial charge in [0.15, 0.2) is 0 Å². The summed E-state index contributed by atoms with van der Waals surface area (Å²) in [7, 11) is 0. The molecular formula is C24H45NO3. The fourth-order valence-corrected chi connectivity index (χ4v) is 3.27. The van der Waals surface area contributed by atoms with E-state index >= 15 is 0 Å². The average Bonchev–Trinajstić information content (AvgIpc) is 2.64. The molecule has 164 valence electrons. The van der Waals surface area contributed by atoms with Crippen LogP contribution in [0.5, 0.6) is 0 Å². The van der Waals surface area contributed by atoms with E-state index < -0.39 is 5.97 Å². The predicted octanol–water partition coefficient (Wildman–Crippen LogP) is 6.99. The smallest absolute Gasteiger partial charge is 0.352 e. The van der Waals surface area contributed by atoms with E-state index in [1.165, 1.54) is 70.6 Å². The molecule has 0 spiro atoms. The third kappa shape index (κ3) is 18.1. The van der Waals surface area contributed by atoms with Gasteiger partial charge in [-0.1, -0.05) is 104 Å². The van der Waals surface area contributed by atoms with Crippen molar-refractivity contribution >= 4 is 11.9 Å². The number of unbranched alkanes of at least 4 members (excludes halogenated alkanes) is 12. The summed E-state index contributed by atoms with van der Waals surface area (Å²) in [4.78, 5) is 23.2. The first-order valence-electron chi connectivity index (χ1n) is 11.7. The summed E-state index contributed by atoms with van der Waals surface area (Å²) >= 11 is 0. The molecule has 0 bridgehead atoms. The van der Waals surface area contributed by atoms with Gasteiger partial charge in [0.25, 0.3) is 0 Å². The van der Waals surface area contributed by atoms with Gasteiger partial charge >= 0.3 is 5.97 Å². The van der Waals surface area contributed by atoms with E-state index in [9.17, 15) is 14.7 Å². The second-order valence-electron chi connectivity index (χ2n) is 8.43. The molecule has 0 aliphatic heterocycles. The van der Waals surface area contributed by atoms with Crippen molar-refractivity contribution in [3.63, 3.8) is 0 Å². The Morgan fingerprint density at radius 2 is 1.29 bits per heavy atom. The molecule has 28 heavy (non-hydrogen) atoms. The Morgan fingerprint density at radius 3 is 1.71 bits per heavy atom. The van der Waals surface area contributed by atoms with Crippen LogP contribution in [0, 0.1) is 5.92 Å². The lowest BCUT2D eigenvalue weighted by Crippen LogP contribution is -2.27. The highest BCUT2D eigenvalue weighted by atomic mass is 16.4. The first-order chi connectivity index (χ1) is 13.5. The number of aliphatic carboxylic acids is 1. The van der Waals surface area contributed by atoms with Crippen LogP contribution in [0.2, 0.25) is 0 Å². The summed E-state index contributed by atoms with van der Waals surface area (Å²) in [5.41, 5.74) is 0.0281. The lowest BCUT2D eigenvalue weighted by molar-refractivity contribution is -0.134. The number of nitrogens with one attached hydrogen (secondary N) is 1. The highest BCUT2D eigenvalue weighted by Gasteiger charge is 2.11. The molecule has 2 N–H and O–H groups in total. The number of hydrogen-bond acceptors (Lipinski definition) is 2. The molecule has 0 aromatic rings. The van der Waals surface area contributed by atoms with Crippen LogP contribution >= 0.6 is 0 Å². The van der Waals surface area contributed by atoms with Crippen molar-refractivity contribution in [2.24, 2.45) is 5.92 Å². The lowest BCUT2D eigenvalue weighted by Gasteiger charge is -2.07. The van der Waals surface area contributed by atoms with Crippen molar-refractivity contribution in [1.29, 1.82) is 0 Å². The number of rotatable bonds is 19. The molecule has 0 aliphatic carbocycles. The number of carboxylic acid groups (broad SMARTS) is 1. The molecule has 0 saturated carbocycles. The van der Waals surface area contributed by atoms with E-state index in [4.69, 9.17) is 0 Å². The van der Waals surface area contributed by atoms with Gasteiger partial charge in [-0.2, -0.15) is 0 Å². The van der Waals surface area contributed by atoms with Crippen molar-refractivity contribution in [1.82, 2.24) is 5.32 Å². The van der Waals surface area contributed by atoms with Crippen molar-refractivity contribution in [3.8, 4) is 0 Å². The number of hydrogen-bond donors (Lipinski definition) is 2. The highest BCUT2D eigenvalue weighted by Crippen LogP contribution is 2.13. The maximum Gasteiger partial charge on any atom is 0.352 e. The third-order valence-electron chi connectivity index (χ3n) is 5.10. The molecule has 1 amide bonds. The average molecular weight is 396 g/mol. The van der Waals surface area contributed by atoms with Crippen molar-refractivity contribution in [2.75, 3.05) is 0 Å². The minimum absolute atomic E-state index is 0.0281. The topological polar surface area (TPSA) is 66.4 Å². The fourth-order valence-electron chi connectivity index (χ4n) is 3.27.